The zero-order valence-electron chi connectivity index (χ0n) is 8.22. The quantitative estimate of drug-likeness (QED) is 0.635. The van der Waals surface area contributed by atoms with Crippen molar-refractivity contribution in [2.75, 3.05) is 0 Å². The fourth-order valence-corrected chi connectivity index (χ4v) is 1.80. The van der Waals surface area contributed by atoms with Crippen LogP contribution in [0, 0.1) is 6.92 Å². The molecular weight excluding hydrogens is 164 g/mol. The Morgan fingerprint density at radius 2 is 1.50 bits per heavy atom. The third kappa shape index (κ3) is 3.09. The van der Waals surface area contributed by atoms with Crippen LogP contribution in [0.5, 0.6) is 5.75 Å². The minimum absolute atomic E-state index is 1.000. The molecule has 0 fully saturated rings. The number of rotatable bonds is 2. The van der Waals surface area contributed by atoms with Crippen molar-refractivity contribution in [1.29, 1.82) is 0 Å². The molecule has 0 atom stereocenters. The Morgan fingerprint density at radius 1 is 1.00 bits per heavy atom. The van der Waals surface area contributed by atoms with E-state index in [1.807, 2.05) is 12.1 Å². The molecule has 0 spiro atoms. The second-order valence-corrected chi connectivity index (χ2v) is 8.46. The van der Waals surface area contributed by atoms with Crippen molar-refractivity contribution >= 4 is 8.32 Å². The van der Waals surface area contributed by atoms with Crippen LogP contribution >= 0.6 is 0 Å². The Labute approximate surface area is 75.5 Å². The summed E-state index contributed by atoms with van der Waals surface area (Å²) in [7, 11) is -1.42. The second kappa shape index (κ2) is 3.31. The van der Waals surface area contributed by atoms with Crippen LogP contribution < -0.4 is 4.43 Å². The van der Waals surface area contributed by atoms with Gasteiger partial charge in [-0.2, -0.15) is 0 Å². The fourth-order valence-electron chi connectivity index (χ4n) is 0.960. The lowest BCUT2D eigenvalue weighted by Crippen LogP contribution is -2.29. The highest BCUT2D eigenvalue weighted by Crippen LogP contribution is 2.16. The highest BCUT2D eigenvalue weighted by atomic mass is 28.4. The Balaban J connectivity index is 2.71. The summed E-state index contributed by atoms with van der Waals surface area (Å²) in [5.74, 6) is 1.000. The van der Waals surface area contributed by atoms with Gasteiger partial charge >= 0.3 is 0 Å². The van der Waals surface area contributed by atoms with Gasteiger partial charge in [-0.25, -0.2) is 0 Å². The van der Waals surface area contributed by atoms with Crippen LogP contribution in [0.2, 0.25) is 19.6 Å². The summed E-state index contributed by atoms with van der Waals surface area (Å²) in [6.07, 6.45) is 0. The highest BCUT2D eigenvalue weighted by molar-refractivity contribution is 6.70. The molecule has 0 amide bonds. The van der Waals surface area contributed by atoms with E-state index in [-0.39, 0.29) is 0 Å². The van der Waals surface area contributed by atoms with Gasteiger partial charge < -0.3 is 4.43 Å². The molecule has 0 saturated heterocycles. The molecule has 0 aliphatic rings. The van der Waals surface area contributed by atoms with Crippen LogP contribution in [-0.4, -0.2) is 8.32 Å². The molecule has 66 valence electrons. The molecule has 0 N–H and O–H groups in total. The SMILES string of the molecule is Cc1ccc(O[Si](C)(C)C)cc1. The van der Waals surface area contributed by atoms with Crippen LogP contribution in [0.1, 0.15) is 5.56 Å². The van der Waals surface area contributed by atoms with Crippen molar-refractivity contribution in [2.45, 2.75) is 26.6 Å². The van der Waals surface area contributed by atoms with Gasteiger partial charge in [0.05, 0.1) is 0 Å². The average molecular weight is 180 g/mol. The number of hydrogen-bond donors (Lipinski definition) is 0. The monoisotopic (exact) mass is 180 g/mol. The van der Waals surface area contributed by atoms with Crippen LogP contribution in [0.3, 0.4) is 0 Å². The lowest BCUT2D eigenvalue weighted by Gasteiger charge is -2.18. The lowest BCUT2D eigenvalue weighted by atomic mass is 10.2. The second-order valence-electron chi connectivity index (χ2n) is 4.03. The van der Waals surface area contributed by atoms with Gasteiger partial charge in [-0.15, -0.1) is 0 Å². The van der Waals surface area contributed by atoms with E-state index in [9.17, 15) is 0 Å². The van der Waals surface area contributed by atoms with E-state index in [0.29, 0.717) is 0 Å². The van der Waals surface area contributed by atoms with E-state index in [4.69, 9.17) is 4.43 Å². The predicted octanol–water partition coefficient (Wildman–Crippen LogP) is 3.21. The molecule has 0 bridgehead atoms. The van der Waals surface area contributed by atoms with Crippen molar-refractivity contribution in [3.8, 4) is 5.75 Å². The summed E-state index contributed by atoms with van der Waals surface area (Å²) >= 11 is 0. The summed E-state index contributed by atoms with van der Waals surface area (Å²) in [4.78, 5) is 0. The van der Waals surface area contributed by atoms with Gasteiger partial charge in [0.2, 0.25) is 8.32 Å². The number of aryl methyl sites for hydroxylation is 1. The predicted molar refractivity (Wildman–Crippen MR) is 55.2 cm³/mol. The van der Waals surface area contributed by atoms with Crippen LogP contribution in [0.4, 0.5) is 0 Å². The Hall–Kier alpha value is -0.763. The standard InChI is InChI=1S/C10H16OSi/c1-9-5-7-10(8-6-9)11-12(2,3)4/h5-8H,1-4H3. The van der Waals surface area contributed by atoms with Gasteiger partial charge in [0, 0.05) is 0 Å². The van der Waals surface area contributed by atoms with E-state index < -0.39 is 8.32 Å². The average Bonchev–Trinajstić information content (AvgIpc) is 1.91. The molecule has 0 heterocycles. The molecule has 1 aromatic carbocycles. The summed E-state index contributed by atoms with van der Waals surface area (Å²) in [5, 5.41) is 0. The van der Waals surface area contributed by atoms with Crippen molar-refractivity contribution in [2.24, 2.45) is 0 Å². The Bertz CT molecular complexity index is 246. The van der Waals surface area contributed by atoms with E-state index in [1.165, 1.54) is 5.56 Å². The van der Waals surface area contributed by atoms with Crippen LogP contribution in [0.15, 0.2) is 24.3 Å². The third-order valence-electron chi connectivity index (χ3n) is 1.45. The molecule has 0 aromatic heterocycles. The van der Waals surface area contributed by atoms with Crippen molar-refractivity contribution in [3.05, 3.63) is 29.8 Å². The third-order valence-corrected chi connectivity index (χ3v) is 2.29. The van der Waals surface area contributed by atoms with Crippen LogP contribution in [0.25, 0.3) is 0 Å². The van der Waals surface area contributed by atoms with Gasteiger partial charge in [-0.3, -0.25) is 0 Å². The summed E-state index contributed by atoms with van der Waals surface area (Å²) in [5.41, 5.74) is 1.28. The number of hydrogen-bond acceptors (Lipinski definition) is 1. The molecule has 0 radical (unpaired) electrons. The summed E-state index contributed by atoms with van der Waals surface area (Å²) in [6.45, 7) is 8.64. The first kappa shape index (κ1) is 9.33. The Kier molecular flexibility index (Phi) is 2.57. The largest absolute Gasteiger partial charge is 0.544 e. The maximum atomic E-state index is 5.80. The van der Waals surface area contributed by atoms with Crippen LogP contribution in [-0.2, 0) is 0 Å². The molecule has 1 aromatic rings. The van der Waals surface area contributed by atoms with Gasteiger partial charge in [0.25, 0.3) is 0 Å². The molecule has 0 aliphatic carbocycles. The van der Waals surface area contributed by atoms with Gasteiger partial charge in [-0.1, -0.05) is 17.7 Å². The van der Waals surface area contributed by atoms with Gasteiger partial charge in [0.1, 0.15) is 5.75 Å². The van der Waals surface area contributed by atoms with Crippen molar-refractivity contribution in [1.82, 2.24) is 0 Å². The first-order valence-electron chi connectivity index (χ1n) is 4.23. The molecule has 0 saturated carbocycles. The van der Waals surface area contributed by atoms with E-state index in [0.717, 1.165) is 5.75 Å². The number of benzene rings is 1. The Morgan fingerprint density at radius 3 is 1.92 bits per heavy atom. The van der Waals surface area contributed by atoms with E-state index >= 15 is 0 Å². The van der Waals surface area contributed by atoms with Gasteiger partial charge in [0.15, 0.2) is 0 Å². The first-order valence-corrected chi connectivity index (χ1v) is 7.64. The van der Waals surface area contributed by atoms with E-state index in [2.05, 4.69) is 38.7 Å². The van der Waals surface area contributed by atoms with Gasteiger partial charge in [-0.05, 0) is 38.7 Å². The maximum Gasteiger partial charge on any atom is 0.242 e. The zero-order valence-corrected chi connectivity index (χ0v) is 9.22. The highest BCUT2D eigenvalue weighted by Gasteiger charge is 2.15. The zero-order chi connectivity index (χ0) is 9.19. The smallest absolute Gasteiger partial charge is 0.242 e. The topological polar surface area (TPSA) is 9.23 Å². The molecule has 0 unspecified atom stereocenters. The van der Waals surface area contributed by atoms with E-state index in [1.54, 1.807) is 0 Å². The van der Waals surface area contributed by atoms with Crippen molar-refractivity contribution in [3.63, 3.8) is 0 Å². The molecular formula is C10H16OSi. The first-order chi connectivity index (χ1) is 5.47. The minimum atomic E-state index is -1.42. The molecule has 2 heteroatoms. The molecule has 0 aliphatic heterocycles. The van der Waals surface area contributed by atoms with Crippen molar-refractivity contribution < 1.29 is 4.43 Å². The minimum Gasteiger partial charge on any atom is -0.544 e. The summed E-state index contributed by atoms with van der Waals surface area (Å²) < 4.78 is 5.80. The molecule has 1 rings (SSSR count). The normalized spacial score (nSPS) is 11.3. The molecule has 12 heavy (non-hydrogen) atoms. The summed E-state index contributed by atoms with van der Waals surface area (Å²) in [6, 6.07) is 8.23. The lowest BCUT2D eigenvalue weighted by molar-refractivity contribution is 0.557. The maximum absolute atomic E-state index is 5.80. The fraction of sp³-hybridized carbons (Fsp3) is 0.400. The molecule has 1 nitrogen and oxygen atoms in total.